The minimum absolute atomic E-state index is 0.462. The van der Waals surface area contributed by atoms with Crippen LogP contribution in [0.2, 0.25) is 0 Å². The lowest BCUT2D eigenvalue weighted by Gasteiger charge is -2.11. The number of hydrogen-bond acceptors (Lipinski definition) is 4. The van der Waals surface area contributed by atoms with Gasteiger partial charge in [0.25, 0.3) is 0 Å². The number of nitrogens with zero attached hydrogens (tertiary/aromatic N) is 3. The summed E-state index contributed by atoms with van der Waals surface area (Å²) < 4.78 is 1.83. The van der Waals surface area contributed by atoms with Crippen molar-refractivity contribution >= 4 is 5.69 Å². The Morgan fingerprint density at radius 1 is 1.33 bits per heavy atom. The quantitative estimate of drug-likeness (QED) is 0.785. The van der Waals surface area contributed by atoms with Crippen LogP contribution in [0, 0.1) is 0 Å². The first-order valence-electron chi connectivity index (χ1n) is 6.11. The lowest BCUT2D eigenvalue weighted by molar-refractivity contribution is 0.174. The lowest BCUT2D eigenvalue weighted by Crippen LogP contribution is -2.10. The third kappa shape index (κ3) is 2.87. The molecule has 5 heteroatoms. The predicted molar refractivity (Wildman–Crippen MR) is 69.8 cm³/mol. The van der Waals surface area contributed by atoms with Gasteiger partial charge in [0.05, 0.1) is 6.10 Å². The molecule has 96 valence electrons. The zero-order valence-corrected chi connectivity index (χ0v) is 10.5. The summed E-state index contributed by atoms with van der Waals surface area (Å²) in [7, 11) is 0. The standard InChI is InChI=1S/C13H18N4O/c1-2-7-17-13(15-9-16-17)8-12(18)10-3-5-11(14)6-4-10/h3-6,9,12,18H,2,7-8,14H2,1H3. The van der Waals surface area contributed by atoms with Crippen LogP contribution in [0.3, 0.4) is 0 Å². The molecule has 1 unspecified atom stereocenters. The molecular weight excluding hydrogens is 228 g/mol. The van der Waals surface area contributed by atoms with Crippen molar-refractivity contribution in [1.82, 2.24) is 14.8 Å². The van der Waals surface area contributed by atoms with Gasteiger partial charge in [0.1, 0.15) is 12.2 Å². The Kier molecular flexibility index (Phi) is 3.94. The van der Waals surface area contributed by atoms with Gasteiger partial charge in [-0.2, -0.15) is 5.10 Å². The SMILES string of the molecule is CCCn1ncnc1CC(O)c1ccc(N)cc1. The largest absolute Gasteiger partial charge is 0.399 e. The van der Waals surface area contributed by atoms with E-state index in [2.05, 4.69) is 17.0 Å². The average molecular weight is 246 g/mol. The van der Waals surface area contributed by atoms with Gasteiger partial charge in [-0.1, -0.05) is 19.1 Å². The monoisotopic (exact) mass is 246 g/mol. The molecule has 1 aromatic heterocycles. The average Bonchev–Trinajstić information content (AvgIpc) is 2.78. The Balaban J connectivity index is 2.08. The smallest absolute Gasteiger partial charge is 0.138 e. The summed E-state index contributed by atoms with van der Waals surface area (Å²) in [6.45, 7) is 2.91. The fraction of sp³-hybridized carbons (Fsp3) is 0.385. The van der Waals surface area contributed by atoms with E-state index in [1.165, 1.54) is 6.33 Å². The zero-order chi connectivity index (χ0) is 13.0. The number of anilines is 1. The molecule has 2 rings (SSSR count). The van der Waals surface area contributed by atoms with E-state index in [4.69, 9.17) is 5.73 Å². The van der Waals surface area contributed by atoms with E-state index >= 15 is 0 Å². The second kappa shape index (κ2) is 5.64. The number of nitrogen functional groups attached to an aromatic ring is 1. The van der Waals surface area contributed by atoms with Gasteiger partial charge in [-0.25, -0.2) is 4.98 Å². The van der Waals surface area contributed by atoms with Crippen LogP contribution in [0.5, 0.6) is 0 Å². The van der Waals surface area contributed by atoms with Crippen molar-refractivity contribution in [3.63, 3.8) is 0 Å². The normalized spacial score (nSPS) is 12.6. The molecular formula is C13H18N4O. The summed E-state index contributed by atoms with van der Waals surface area (Å²) in [6, 6.07) is 7.24. The molecule has 1 heterocycles. The van der Waals surface area contributed by atoms with Gasteiger partial charge in [0, 0.05) is 18.7 Å². The zero-order valence-electron chi connectivity index (χ0n) is 10.5. The maximum Gasteiger partial charge on any atom is 0.138 e. The maximum atomic E-state index is 10.2. The van der Waals surface area contributed by atoms with Crippen molar-refractivity contribution < 1.29 is 5.11 Å². The minimum atomic E-state index is -0.578. The van der Waals surface area contributed by atoms with Crippen LogP contribution in [0.1, 0.15) is 30.8 Å². The van der Waals surface area contributed by atoms with Gasteiger partial charge in [0.2, 0.25) is 0 Å². The van der Waals surface area contributed by atoms with E-state index < -0.39 is 6.10 Å². The summed E-state index contributed by atoms with van der Waals surface area (Å²) in [5.74, 6) is 0.807. The molecule has 0 saturated heterocycles. The number of aromatic nitrogens is 3. The Bertz CT molecular complexity index is 492. The third-order valence-corrected chi connectivity index (χ3v) is 2.83. The fourth-order valence-corrected chi connectivity index (χ4v) is 1.85. The topological polar surface area (TPSA) is 77.0 Å². The first kappa shape index (κ1) is 12.6. The number of benzene rings is 1. The Labute approximate surface area is 106 Å². The molecule has 3 N–H and O–H groups in total. The lowest BCUT2D eigenvalue weighted by atomic mass is 10.1. The highest BCUT2D eigenvalue weighted by Gasteiger charge is 2.12. The van der Waals surface area contributed by atoms with Gasteiger partial charge in [-0.15, -0.1) is 0 Å². The molecule has 0 aliphatic carbocycles. The van der Waals surface area contributed by atoms with E-state index in [9.17, 15) is 5.11 Å². The molecule has 2 aromatic rings. The van der Waals surface area contributed by atoms with Crippen LogP contribution < -0.4 is 5.73 Å². The molecule has 0 bridgehead atoms. The van der Waals surface area contributed by atoms with E-state index in [-0.39, 0.29) is 0 Å². The van der Waals surface area contributed by atoms with Crippen LogP contribution in [0.4, 0.5) is 5.69 Å². The summed E-state index contributed by atoms with van der Waals surface area (Å²) in [5, 5.41) is 14.3. The van der Waals surface area contributed by atoms with Crippen molar-refractivity contribution in [3.05, 3.63) is 42.0 Å². The Morgan fingerprint density at radius 2 is 2.06 bits per heavy atom. The van der Waals surface area contributed by atoms with Gasteiger partial charge in [-0.3, -0.25) is 4.68 Å². The molecule has 5 nitrogen and oxygen atoms in total. The molecule has 0 spiro atoms. The highest BCUT2D eigenvalue weighted by atomic mass is 16.3. The van der Waals surface area contributed by atoms with Crippen molar-refractivity contribution in [2.75, 3.05) is 5.73 Å². The van der Waals surface area contributed by atoms with E-state index in [0.717, 1.165) is 24.4 Å². The van der Waals surface area contributed by atoms with Gasteiger partial charge < -0.3 is 10.8 Å². The molecule has 1 aromatic carbocycles. The molecule has 18 heavy (non-hydrogen) atoms. The molecule has 0 aliphatic heterocycles. The third-order valence-electron chi connectivity index (χ3n) is 2.83. The fourth-order valence-electron chi connectivity index (χ4n) is 1.85. The Morgan fingerprint density at radius 3 is 2.72 bits per heavy atom. The molecule has 0 radical (unpaired) electrons. The summed E-state index contributed by atoms with van der Waals surface area (Å²) in [4.78, 5) is 4.18. The van der Waals surface area contributed by atoms with Crippen molar-refractivity contribution in [2.45, 2.75) is 32.4 Å². The highest BCUT2D eigenvalue weighted by Crippen LogP contribution is 2.18. The maximum absolute atomic E-state index is 10.2. The molecule has 0 fully saturated rings. The molecule has 0 saturated carbocycles. The summed E-state index contributed by atoms with van der Waals surface area (Å²) in [6.07, 6.45) is 2.41. The van der Waals surface area contributed by atoms with E-state index in [1.54, 1.807) is 12.1 Å². The van der Waals surface area contributed by atoms with E-state index in [0.29, 0.717) is 12.1 Å². The highest BCUT2D eigenvalue weighted by molar-refractivity contribution is 5.39. The first-order chi connectivity index (χ1) is 8.70. The van der Waals surface area contributed by atoms with E-state index in [1.807, 2.05) is 16.8 Å². The van der Waals surface area contributed by atoms with Crippen LogP contribution in [0.15, 0.2) is 30.6 Å². The van der Waals surface area contributed by atoms with Crippen LogP contribution >= 0.6 is 0 Å². The first-order valence-corrected chi connectivity index (χ1v) is 6.11. The molecule has 0 amide bonds. The second-order valence-electron chi connectivity index (χ2n) is 4.29. The number of aryl methyl sites for hydroxylation is 1. The van der Waals surface area contributed by atoms with Crippen LogP contribution in [-0.2, 0) is 13.0 Å². The van der Waals surface area contributed by atoms with Gasteiger partial charge in [-0.05, 0) is 24.1 Å². The molecule has 0 aliphatic rings. The van der Waals surface area contributed by atoms with Crippen molar-refractivity contribution in [3.8, 4) is 0 Å². The summed E-state index contributed by atoms with van der Waals surface area (Å²) >= 11 is 0. The second-order valence-corrected chi connectivity index (χ2v) is 4.29. The van der Waals surface area contributed by atoms with Crippen LogP contribution in [-0.4, -0.2) is 19.9 Å². The number of aliphatic hydroxyl groups is 1. The number of nitrogens with two attached hydrogens (primary N) is 1. The van der Waals surface area contributed by atoms with Crippen molar-refractivity contribution in [2.24, 2.45) is 0 Å². The number of hydrogen-bond donors (Lipinski definition) is 2. The molecule has 1 atom stereocenters. The Hall–Kier alpha value is -1.88. The van der Waals surface area contributed by atoms with Crippen molar-refractivity contribution in [1.29, 1.82) is 0 Å². The number of rotatable bonds is 5. The van der Waals surface area contributed by atoms with Gasteiger partial charge in [0.15, 0.2) is 0 Å². The summed E-state index contributed by atoms with van der Waals surface area (Å²) in [5.41, 5.74) is 7.16. The van der Waals surface area contributed by atoms with Crippen LogP contribution in [0.25, 0.3) is 0 Å². The van der Waals surface area contributed by atoms with Gasteiger partial charge >= 0.3 is 0 Å². The minimum Gasteiger partial charge on any atom is -0.399 e. The predicted octanol–water partition coefficient (Wildman–Crippen LogP) is 1.55. The number of aliphatic hydroxyl groups excluding tert-OH is 1.